The Kier molecular flexibility index (Phi) is 3.75. The predicted molar refractivity (Wildman–Crippen MR) is 85.3 cm³/mol. The molecule has 1 aliphatic rings. The molecular weight excluding hydrogens is 244 g/mol. The molecule has 2 aromatic carbocycles. The van der Waals surface area contributed by atoms with Gasteiger partial charge in [0.2, 0.25) is 0 Å². The molecule has 1 atom stereocenters. The van der Waals surface area contributed by atoms with Gasteiger partial charge in [-0.2, -0.15) is 0 Å². The van der Waals surface area contributed by atoms with Crippen LogP contribution in [-0.4, -0.2) is 20.1 Å². The number of anilines is 1. The molecule has 1 aliphatic heterocycles. The molecule has 0 amide bonds. The van der Waals surface area contributed by atoms with E-state index in [4.69, 9.17) is 0 Å². The van der Waals surface area contributed by atoms with Gasteiger partial charge in [0, 0.05) is 38.3 Å². The zero-order valence-corrected chi connectivity index (χ0v) is 12.3. The van der Waals surface area contributed by atoms with Crippen LogP contribution in [0.15, 0.2) is 48.5 Å². The quantitative estimate of drug-likeness (QED) is 0.917. The van der Waals surface area contributed by atoms with Gasteiger partial charge in [-0.3, -0.25) is 0 Å². The second-order valence-electron chi connectivity index (χ2n) is 5.69. The van der Waals surface area contributed by atoms with Crippen molar-refractivity contribution in [2.75, 3.05) is 25.0 Å². The van der Waals surface area contributed by atoms with Crippen molar-refractivity contribution >= 4 is 5.69 Å². The van der Waals surface area contributed by atoms with Crippen molar-refractivity contribution in [3.05, 3.63) is 65.2 Å². The Morgan fingerprint density at radius 1 is 1.10 bits per heavy atom. The Morgan fingerprint density at radius 2 is 1.85 bits per heavy atom. The van der Waals surface area contributed by atoms with Crippen molar-refractivity contribution in [3.63, 3.8) is 0 Å². The summed E-state index contributed by atoms with van der Waals surface area (Å²) in [5.41, 5.74) is 5.62. The van der Waals surface area contributed by atoms with Crippen LogP contribution in [0.2, 0.25) is 0 Å². The second-order valence-corrected chi connectivity index (χ2v) is 5.69. The van der Waals surface area contributed by atoms with Crippen molar-refractivity contribution in [2.24, 2.45) is 0 Å². The first-order chi connectivity index (χ1) is 9.75. The summed E-state index contributed by atoms with van der Waals surface area (Å²) in [5, 5.41) is 3.54. The molecule has 1 N–H and O–H groups in total. The van der Waals surface area contributed by atoms with Gasteiger partial charge in [0.25, 0.3) is 0 Å². The zero-order chi connectivity index (χ0) is 13.9. The van der Waals surface area contributed by atoms with Crippen LogP contribution >= 0.6 is 0 Å². The minimum Gasteiger partial charge on any atom is -0.374 e. The molecule has 104 valence electrons. The van der Waals surface area contributed by atoms with E-state index in [1.165, 1.54) is 22.4 Å². The summed E-state index contributed by atoms with van der Waals surface area (Å²) in [6.07, 6.45) is 0. The van der Waals surface area contributed by atoms with Gasteiger partial charge >= 0.3 is 0 Å². The maximum absolute atomic E-state index is 3.54. The van der Waals surface area contributed by atoms with E-state index in [0.717, 1.165) is 19.6 Å². The van der Waals surface area contributed by atoms with Gasteiger partial charge in [-0.15, -0.1) is 0 Å². The number of benzene rings is 2. The fraction of sp³-hybridized carbons (Fsp3) is 0.333. The first kappa shape index (κ1) is 13.2. The Bertz CT molecular complexity index is 591. The summed E-state index contributed by atoms with van der Waals surface area (Å²) >= 11 is 0. The molecule has 0 saturated heterocycles. The smallest absolute Gasteiger partial charge is 0.0393 e. The summed E-state index contributed by atoms with van der Waals surface area (Å²) in [6, 6.07) is 17.4. The van der Waals surface area contributed by atoms with E-state index in [9.17, 15) is 0 Å². The highest BCUT2D eigenvalue weighted by molar-refractivity contribution is 5.52. The van der Waals surface area contributed by atoms with Crippen LogP contribution < -0.4 is 10.2 Å². The summed E-state index contributed by atoms with van der Waals surface area (Å²) in [7, 11) is 2.19. The van der Waals surface area contributed by atoms with E-state index < -0.39 is 0 Å². The number of nitrogens with zero attached hydrogens (tertiary/aromatic N) is 1. The topological polar surface area (TPSA) is 15.3 Å². The van der Waals surface area contributed by atoms with Gasteiger partial charge in [-0.05, 0) is 29.7 Å². The summed E-state index contributed by atoms with van der Waals surface area (Å²) in [4.78, 5) is 2.38. The van der Waals surface area contributed by atoms with Crippen molar-refractivity contribution in [3.8, 4) is 0 Å². The van der Waals surface area contributed by atoms with E-state index in [1.54, 1.807) is 0 Å². The Balaban J connectivity index is 1.81. The molecule has 0 bridgehead atoms. The Hall–Kier alpha value is -1.80. The normalized spacial score (nSPS) is 17.6. The van der Waals surface area contributed by atoms with Gasteiger partial charge in [-0.25, -0.2) is 0 Å². The van der Waals surface area contributed by atoms with Crippen molar-refractivity contribution < 1.29 is 0 Å². The lowest BCUT2D eigenvalue weighted by atomic mass is 9.90. The number of rotatable bonds is 3. The summed E-state index contributed by atoms with van der Waals surface area (Å²) in [6.45, 7) is 5.29. The lowest BCUT2D eigenvalue weighted by molar-refractivity contribution is 0.539. The molecular formula is C18H22N2. The highest BCUT2D eigenvalue weighted by atomic mass is 15.1. The number of likely N-dealkylation sites (N-methyl/N-ethyl adjacent to an activating group) is 1. The molecule has 0 aromatic heterocycles. The van der Waals surface area contributed by atoms with Crippen molar-refractivity contribution in [2.45, 2.75) is 19.4 Å². The van der Waals surface area contributed by atoms with Crippen LogP contribution in [0.3, 0.4) is 0 Å². The maximum atomic E-state index is 3.54. The molecule has 20 heavy (non-hydrogen) atoms. The highest BCUT2D eigenvalue weighted by Gasteiger charge is 2.21. The average molecular weight is 266 g/mol. The summed E-state index contributed by atoms with van der Waals surface area (Å²) < 4.78 is 0. The van der Waals surface area contributed by atoms with Crippen molar-refractivity contribution in [1.82, 2.24) is 5.32 Å². The number of fused-ring (bicyclic) bond motifs is 1. The Morgan fingerprint density at radius 3 is 2.70 bits per heavy atom. The van der Waals surface area contributed by atoms with Gasteiger partial charge < -0.3 is 10.2 Å². The molecule has 3 rings (SSSR count). The maximum Gasteiger partial charge on any atom is 0.0393 e. The second kappa shape index (κ2) is 5.68. The molecule has 0 aliphatic carbocycles. The first-order valence-electron chi connectivity index (χ1n) is 7.31. The van der Waals surface area contributed by atoms with Crippen LogP contribution in [-0.2, 0) is 6.54 Å². The minimum absolute atomic E-state index is 0.560. The molecule has 2 nitrogen and oxygen atoms in total. The zero-order valence-electron chi connectivity index (χ0n) is 12.3. The van der Waals surface area contributed by atoms with Gasteiger partial charge in [0.05, 0.1) is 0 Å². The van der Waals surface area contributed by atoms with E-state index >= 15 is 0 Å². The first-order valence-corrected chi connectivity index (χ1v) is 7.31. The van der Waals surface area contributed by atoms with Crippen LogP contribution in [0.1, 0.15) is 22.6 Å². The fourth-order valence-electron chi connectivity index (χ4n) is 3.17. The van der Waals surface area contributed by atoms with E-state index in [1.807, 2.05) is 0 Å². The molecule has 0 fully saturated rings. The molecule has 2 heteroatoms. The molecule has 1 heterocycles. The largest absolute Gasteiger partial charge is 0.374 e. The predicted octanol–water partition coefficient (Wildman–Crippen LogP) is 3.32. The average Bonchev–Trinajstić information content (AvgIpc) is 2.48. The number of nitrogens with one attached hydrogen (secondary N) is 1. The summed E-state index contributed by atoms with van der Waals surface area (Å²) in [5.74, 6) is 0.560. The third-order valence-electron chi connectivity index (χ3n) is 4.22. The standard InChI is InChI=1S/C18H22N2/c1-14-7-3-6-10-18(14)20(2)13-16-12-19-11-15-8-4-5-9-17(15)16/h3-10,16,19H,11-13H2,1-2H3. The van der Waals surface area contributed by atoms with E-state index in [0.29, 0.717) is 5.92 Å². The number of aryl methyl sites for hydroxylation is 1. The lowest BCUT2D eigenvalue weighted by Gasteiger charge is -2.31. The lowest BCUT2D eigenvalue weighted by Crippen LogP contribution is -2.35. The SMILES string of the molecule is Cc1ccccc1N(C)CC1CNCc2ccccc21. The number of hydrogen-bond donors (Lipinski definition) is 1. The molecule has 0 radical (unpaired) electrons. The van der Waals surface area contributed by atoms with Crippen LogP contribution in [0, 0.1) is 6.92 Å². The molecule has 2 aromatic rings. The fourth-order valence-corrected chi connectivity index (χ4v) is 3.17. The number of para-hydroxylation sites is 1. The number of hydrogen-bond acceptors (Lipinski definition) is 2. The molecule has 1 unspecified atom stereocenters. The minimum atomic E-state index is 0.560. The van der Waals surface area contributed by atoms with E-state index in [-0.39, 0.29) is 0 Å². The van der Waals surface area contributed by atoms with Crippen LogP contribution in [0.25, 0.3) is 0 Å². The van der Waals surface area contributed by atoms with Crippen LogP contribution in [0.5, 0.6) is 0 Å². The third kappa shape index (κ3) is 2.56. The molecule has 0 spiro atoms. The Labute approximate surface area is 121 Å². The van der Waals surface area contributed by atoms with Crippen LogP contribution in [0.4, 0.5) is 5.69 Å². The highest BCUT2D eigenvalue weighted by Crippen LogP contribution is 2.27. The van der Waals surface area contributed by atoms with Gasteiger partial charge in [0.15, 0.2) is 0 Å². The van der Waals surface area contributed by atoms with Gasteiger partial charge in [-0.1, -0.05) is 42.5 Å². The molecule has 0 saturated carbocycles. The van der Waals surface area contributed by atoms with E-state index in [2.05, 4.69) is 72.7 Å². The van der Waals surface area contributed by atoms with Gasteiger partial charge in [0.1, 0.15) is 0 Å². The monoisotopic (exact) mass is 266 g/mol. The van der Waals surface area contributed by atoms with Crippen molar-refractivity contribution in [1.29, 1.82) is 0 Å². The third-order valence-corrected chi connectivity index (χ3v) is 4.22.